The van der Waals surface area contributed by atoms with Crippen molar-refractivity contribution >= 4 is 35.1 Å². The van der Waals surface area contributed by atoms with Crippen LogP contribution in [0.4, 0.5) is 11.6 Å². The maximum Gasteiger partial charge on any atom is 0.335 e. The number of methoxy groups -OCH3 is 1. The molecule has 2 unspecified atom stereocenters. The number of benzene rings is 2. The van der Waals surface area contributed by atoms with Crippen LogP contribution in [0.1, 0.15) is 57.7 Å². The number of aromatic carboxylic acids is 1. The third kappa shape index (κ3) is 8.08. The lowest BCUT2D eigenvalue weighted by Gasteiger charge is -2.45. The zero-order chi connectivity index (χ0) is 29.4. The van der Waals surface area contributed by atoms with E-state index in [1.807, 2.05) is 24.3 Å². The van der Waals surface area contributed by atoms with Crippen LogP contribution in [-0.2, 0) is 12.8 Å². The molecule has 6 N–H and O–H groups in total. The third-order valence-electron chi connectivity index (χ3n) is 7.80. The van der Waals surface area contributed by atoms with Gasteiger partial charge >= 0.3 is 5.97 Å². The number of amides is 1. The second kappa shape index (κ2) is 13.6. The number of aryl methyl sites for hydroxylation is 2. The van der Waals surface area contributed by atoms with E-state index in [-0.39, 0.29) is 34.1 Å². The molecule has 1 aliphatic rings. The molecule has 4 rings (SSSR count). The standard InChI is InChI=1S/C30H37ClN6O4/c1-41-24-14-10-21(11-15-24)6-3-17-37(16-2-5-20-8-12-22(13-9-20)30(39)40)18-4-7-23(19-37)34-29(38)25-27(32)36-28(33)26(31)35-25/h8-15,23H,2-7,16-19H2,1H3,(H5-,32,33,34,36,38,39,40)/p+1. The summed E-state index contributed by atoms with van der Waals surface area (Å²) in [7, 11) is 1.66. The van der Waals surface area contributed by atoms with Crippen LogP contribution in [0.5, 0.6) is 5.75 Å². The molecule has 2 heterocycles. The van der Waals surface area contributed by atoms with Crippen molar-refractivity contribution in [3.05, 3.63) is 76.1 Å². The first kappa shape index (κ1) is 30.1. The van der Waals surface area contributed by atoms with E-state index < -0.39 is 11.9 Å². The smallest absolute Gasteiger partial charge is 0.335 e. The van der Waals surface area contributed by atoms with E-state index in [2.05, 4.69) is 27.4 Å². The number of nitrogens with zero attached hydrogens (tertiary/aromatic N) is 3. The summed E-state index contributed by atoms with van der Waals surface area (Å²) in [6.07, 6.45) is 5.59. The average molecular weight is 582 g/mol. The van der Waals surface area contributed by atoms with Crippen molar-refractivity contribution < 1.29 is 23.9 Å². The van der Waals surface area contributed by atoms with Gasteiger partial charge in [-0.05, 0) is 61.1 Å². The Morgan fingerprint density at radius 2 is 1.61 bits per heavy atom. The van der Waals surface area contributed by atoms with Crippen LogP contribution in [0.3, 0.4) is 0 Å². The Hall–Kier alpha value is -3.89. The molecule has 0 spiro atoms. The summed E-state index contributed by atoms with van der Waals surface area (Å²) >= 11 is 6.00. The van der Waals surface area contributed by atoms with Gasteiger partial charge in [0.05, 0.1) is 44.9 Å². The SMILES string of the molecule is COc1ccc(CCC[N+]2(CCCc3ccc(C(=O)O)cc3)CCCC(NC(=O)c3nc(Cl)c(N)nc3N)C2)cc1. The van der Waals surface area contributed by atoms with Crippen LogP contribution in [0.25, 0.3) is 0 Å². The highest BCUT2D eigenvalue weighted by atomic mass is 35.5. The molecule has 2 atom stereocenters. The number of hydrogen-bond donors (Lipinski definition) is 4. The number of hydrogen-bond acceptors (Lipinski definition) is 7. The number of rotatable bonds is 12. The average Bonchev–Trinajstić information content (AvgIpc) is 2.96. The van der Waals surface area contributed by atoms with Gasteiger partial charge in [-0.25, -0.2) is 14.8 Å². The van der Waals surface area contributed by atoms with Gasteiger partial charge in [0, 0.05) is 12.8 Å². The minimum atomic E-state index is -0.923. The van der Waals surface area contributed by atoms with Crippen molar-refractivity contribution in [3.8, 4) is 5.75 Å². The van der Waals surface area contributed by atoms with Crippen LogP contribution in [0.15, 0.2) is 48.5 Å². The number of piperidine rings is 1. The zero-order valence-corrected chi connectivity index (χ0v) is 24.1. The molecule has 1 aromatic heterocycles. The Morgan fingerprint density at radius 1 is 1.00 bits per heavy atom. The molecule has 0 aliphatic carbocycles. The summed E-state index contributed by atoms with van der Waals surface area (Å²) in [5.41, 5.74) is 14.2. The summed E-state index contributed by atoms with van der Waals surface area (Å²) in [6, 6.07) is 15.2. The van der Waals surface area contributed by atoms with Crippen molar-refractivity contribution in [1.29, 1.82) is 0 Å². The normalized spacial score (nSPS) is 18.5. The number of carboxylic acids is 1. The Labute approximate surface area is 245 Å². The number of aromatic nitrogens is 2. The first-order valence-corrected chi connectivity index (χ1v) is 14.3. The lowest BCUT2D eigenvalue weighted by atomic mass is 9.99. The lowest BCUT2D eigenvalue weighted by molar-refractivity contribution is -0.933. The van der Waals surface area contributed by atoms with Gasteiger partial charge in [-0.1, -0.05) is 35.9 Å². The summed E-state index contributed by atoms with van der Waals surface area (Å²) in [4.78, 5) is 32.3. The van der Waals surface area contributed by atoms with Crippen LogP contribution >= 0.6 is 11.6 Å². The number of halogens is 1. The van der Waals surface area contributed by atoms with Gasteiger partial charge in [-0.3, -0.25) is 4.79 Å². The van der Waals surface area contributed by atoms with E-state index in [4.69, 9.17) is 27.8 Å². The first-order valence-electron chi connectivity index (χ1n) is 13.9. The zero-order valence-electron chi connectivity index (χ0n) is 23.3. The molecule has 41 heavy (non-hydrogen) atoms. The molecule has 0 bridgehead atoms. The monoisotopic (exact) mass is 581 g/mol. The molecule has 11 heteroatoms. The minimum absolute atomic E-state index is 0.0106. The maximum absolute atomic E-state index is 13.1. The molecular formula is C30H38ClN6O4+. The van der Waals surface area contributed by atoms with Gasteiger partial charge in [0.1, 0.15) is 5.75 Å². The van der Waals surface area contributed by atoms with E-state index in [0.29, 0.717) is 0 Å². The van der Waals surface area contributed by atoms with Crippen molar-refractivity contribution in [2.75, 3.05) is 44.8 Å². The molecule has 0 saturated carbocycles. The molecule has 2 aromatic carbocycles. The summed E-state index contributed by atoms with van der Waals surface area (Å²) in [5, 5.41) is 12.3. The number of nitrogens with two attached hydrogens (primary N) is 2. The largest absolute Gasteiger partial charge is 0.497 e. The van der Waals surface area contributed by atoms with Crippen LogP contribution < -0.4 is 21.5 Å². The molecule has 3 aromatic rings. The van der Waals surface area contributed by atoms with Crippen molar-refractivity contribution in [1.82, 2.24) is 15.3 Å². The van der Waals surface area contributed by atoms with Crippen LogP contribution in [-0.4, -0.2) is 70.8 Å². The molecule has 0 radical (unpaired) electrons. The number of nitrogens with one attached hydrogen (secondary N) is 1. The van der Waals surface area contributed by atoms with E-state index in [1.165, 1.54) is 5.56 Å². The summed E-state index contributed by atoms with van der Waals surface area (Å²) < 4.78 is 6.17. The van der Waals surface area contributed by atoms with Crippen molar-refractivity contribution in [2.45, 2.75) is 44.6 Å². The molecule has 218 valence electrons. The first-order chi connectivity index (χ1) is 19.7. The van der Waals surface area contributed by atoms with Gasteiger partial charge in [0.2, 0.25) is 0 Å². The Bertz CT molecular complexity index is 1350. The van der Waals surface area contributed by atoms with Crippen LogP contribution in [0, 0.1) is 0 Å². The number of carbonyl (C=O) groups excluding carboxylic acids is 1. The van der Waals surface area contributed by atoms with Gasteiger partial charge in [-0.2, -0.15) is 0 Å². The molecule has 1 amide bonds. The van der Waals surface area contributed by atoms with Crippen LogP contribution in [0.2, 0.25) is 5.15 Å². The molecule has 1 aliphatic heterocycles. The molecule has 1 saturated heterocycles. The van der Waals surface area contributed by atoms with Gasteiger partial charge in [0.25, 0.3) is 5.91 Å². The second-order valence-electron chi connectivity index (χ2n) is 10.7. The predicted molar refractivity (Wildman–Crippen MR) is 159 cm³/mol. The number of carboxylic acid groups (broad SMARTS) is 1. The predicted octanol–water partition coefficient (Wildman–Crippen LogP) is 3.98. The fourth-order valence-corrected chi connectivity index (χ4v) is 5.79. The second-order valence-corrected chi connectivity index (χ2v) is 11.1. The highest BCUT2D eigenvalue weighted by Crippen LogP contribution is 2.24. The van der Waals surface area contributed by atoms with Crippen molar-refractivity contribution in [3.63, 3.8) is 0 Å². The number of quaternary nitrogens is 1. The van der Waals surface area contributed by atoms with Crippen molar-refractivity contribution in [2.24, 2.45) is 0 Å². The van der Waals surface area contributed by atoms with E-state index in [0.717, 1.165) is 80.5 Å². The lowest BCUT2D eigenvalue weighted by Crippen LogP contribution is -2.60. The fourth-order valence-electron chi connectivity index (χ4n) is 5.66. The summed E-state index contributed by atoms with van der Waals surface area (Å²) in [5.74, 6) is -0.541. The number of likely N-dealkylation sites (tertiary alicyclic amines) is 1. The Balaban J connectivity index is 1.43. The van der Waals surface area contributed by atoms with Gasteiger partial charge < -0.3 is 31.1 Å². The summed E-state index contributed by atoms with van der Waals surface area (Å²) in [6.45, 7) is 3.75. The molecule has 10 nitrogen and oxygen atoms in total. The van der Waals surface area contributed by atoms with E-state index in [1.54, 1.807) is 19.2 Å². The minimum Gasteiger partial charge on any atom is -0.497 e. The number of ether oxygens (including phenoxy) is 1. The maximum atomic E-state index is 13.1. The quantitative estimate of drug-likeness (QED) is 0.234. The topological polar surface area (TPSA) is 153 Å². The molecule has 1 fully saturated rings. The number of nitrogen functional groups attached to an aromatic ring is 2. The fraction of sp³-hybridized carbons (Fsp3) is 0.400. The Morgan fingerprint density at radius 3 is 2.20 bits per heavy atom. The number of anilines is 2. The van der Waals surface area contributed by atoms with Gasteiger partial charge in [0.15, 0.2) is 22.5 Å². The third-order valence-corrected chi connectivity index (χ3v) is 8.08. The highest BCUT2D eigenvalue weighted by molar-refractivity contribution is 6.31. The highest BCUT2D eigenvalue weighted by Gasteiger charge is 2.35. The van der Waals surface area contributed by atoms with E-state index in [9.17, 15) is 14.7 Å². The Kier molecular flexibility index (Phi) is 10.0. The van der Waals surface area contributed by atoms with Gasteiger partial charge in [-0.15, -0.1) is 0 Å². The molecular weight excluding hydrogens is 544 g/mol. The van der Waals surface area contributed by atoms with E-state index >= 15 is 0 Å². The number of carbonyl (C=O) groups is 2.